The van der Waals surface area contributed by atoms with E-state index in [4.69, 9.17) is 5.26 Å². The van der Waals surface area contributed by atoms with Gasteiger partial charge >= 0.3 is 0 Å². The summed E-state index contributed by atoms with van der Waals surface area (Å²) < 4.78 is 39.2. The van der Waals surface area contributed by atoms with Gasteiger partial charge in [0.2, 0.25) is 10.0 Å². The van der Waals surface area contributed by atoms with Gasteiger partial charge < -0.3 is 5.11 Å². The fourth-order valence-corrected chi connectivity index (χ4v) is 4.12. The normalized spacial score (nSPS) is 18.3. The Morgan fingerprint density at radius 2 is 2.15 bits per heavy atom. The molecule has 5 nitrogen and oxygen atoms in total. The number of rotatable bonds is 4. The molecule has 1 heterocycles. The van der Waals surface area contributed by atoms with Crippen LogP contribution >= 0.6 is 0 Å². The summed E-state index contributed by atoms with van der Waals surface area (Å²) in [6, 6.07) is 5.07. The monoisotopic (exact) mass is 298 g/mol. The molecule has 0 amide bonds. The maximum atomic E-state index is 13.5. The molecule has 1 saturated heterocycles. The molecule has 20 heavy (non-hydrogen) atoms. The zero-order chi connectivity index (χ0) is 15.0. The highest BCUT2D eigenvalue weighted by molar-refractivity contribution is 7.89. The van der Waals surface area contributed by atoms with Crippen molar-refractivity contribution in [3.63, 3.8) is 0 Å². The minimum absolute atomic E-state index is 0.0233. The highest BCUT2D eigenvalue weighted by Crippen LogP contribution is 2.32. The lowest BCUT2D eigenvalue weighted by Gasteiger charge is -2.45. The van der Waals surface area contributed by atoms with E-state index in [1.54, 1.807) is 6.07 Å². The van der Waals surface area contributed by atoms with Crippen molar-refractivity contribution < 1.29 is 17.9 Å². The molecule has 1 aromatic carbocycles. The third kappa shape index (κ3) is 2.42. The van der Waals surface area contributed by atoms with Crippen molar-refractivity contribution in [3.05, 3.63) is 29.6 Å². The molecule has 0 radical (unpaired) electrons. The standard InChI is InChI=1S/C13H15FN2O3S/c1-2-6-13(17)8-16(9-13)20(18,19)12-5-3-4-11(14)10(12)7-15/h3-5,17H,2,6,8-9H2,1H3. The molecule has 108 valence electrons. The molecule has 0 aliphatic carbocycles. The maximum absolute atomic E-state index is 13.5. The zero-order valence-electron chi connectivity index (χ0n) is 11.0. The minimum atomic E-state index is -3.95. The van der Waals surface area contributed by atoms with E-state index in [0.717, 1.165) is 16.8 Å². The highest BCUT2D eigenvalue weighted by Gasteiger charge is 2.47. The Balaban J connectivity index is 2.31. The number of hydrogen-bond donors (Lipinski definition) is 1. The van der Waals surface area contributed by atoms with Crippen molar-refractivity contribution in [2.45, 2.75) is 30.3 Å². The Bertz CT molecular complexity index is 661. The van der Waals surface area contributed by atoms with Crippen LogP contribution in [-0.2, 0) is 10.0 Å². The van der Waals surface area contributed by atoms with Crippen molar-refractivity contribution >= 4 is 10.0 Å². The van der Waals surface area contributed by atoms with E-state index in [2.05, 4.69) is 0 Å². The van der Waals surface area contributed by atoms with Gasteiger partial charge in [-0.25, -0.2) is 12.8 Å². The van der Waals surface area contributed by atoms with Gasteiger partial charge in [0.05, 0.1) is 5.60 Å². The van der Waals surface area contributed by atoms with Crippen molar-refractivity contribution in [3.8, 4) is 6.07 Å². The van der Waals surface area contributed by atoms with Crippen LogP contribution in [0.4, 0.5) is 4.39 Å². The number of halogens is 1. The highest BCUT2D eigenvalue weighted by atomic mass is 32.2. The number of nitriles is 1. The SMILES string of the molecule is CCCC1(O)CN(S(=O)(=O)c2cccc(F)c2C#N)C1. The Labute approximate surface area is 117 Å². The van der Waals surface area contributed by atoms with E-state index in [0.29, 0.717) is 6.42 Å². The van der Waals surface area contributed by atoms with E-state index < -0.39 is 27.0 Å². The van der Waals surface area contributed by atoms with Crippen LogP contribution in [0.2, 0.25) is 0 Å². The molecule has 1 aromatic rings. The molecule has 0 saturated carbocycles. The average Bonchev–Trinajstić information content (AvgIpc) is 2.35. The molecule has 7 heteroatoms. The van der Waals surface area contributed by atoms with Crippen LogP contribution in [0.25, 0.3) is 0 Å². The number of aliphatic hydroxyl groups is 1. The fraction of sp³-hybridized carbons (Fsp3) is 0.462. The minimum Gasteiger partial charge on any atom is -0.387 e. The van der Waals surface area contributed by atoms with Gasteiger partial charge in [-0.15, -0.1) is 0 Å². The number of sulfonamides is 1. The molecule has 0 unspecified atom stereocenters. The lowest BCUT2D eigenvalue weighted by molar-refractivity contribution is -0.0653. The largest absolute Gasteiger partial charge is 0.387 e. The Morgan fingerprint density at radius 3 is 2.70 bits per heavy atom. The quantitative estimate of drug-likeness (QED) is 0.906. The topological polar surface area (TPSA) is 81.4 Å². The summed E-state index contributed by atoms with van der Waals surface area (Å²) in [6.45, 7) is 1.85. The Morgan fingerprint density at radius 1 is 1.50 bits per heavy atom. The second-order valence-corrected chi connectivity index (χ2v) is 6.88. The summed E-state index contributed by atoms with van der Waals surface area (Å²) in [7, 11) is -3.95. The molecule has 0 atom stereocenters. The van der Waals surface area contributed by atoms with Crippen LogP contribution < -0.4 is 0 Å². The van der Waals surface area contributed by atoms with Crippen molar-refractivity contribution in [2.24, 2.45) is 0 Å². The molecular formula is C13H15FN2O3S. The summed E-state index contributed by atoms with van der Waals surface area (Å²) in [5.41, 5.74) is -1.50. The van der Waals surface area contributed by atoms with Crippen LogP contribution in [0.5, 0.6) is 0 Å². The van der Waals surface area contributed by atoms with Crippen LogP contribution in [0.1, 0.15) is 25.3 Å². The summed E-state index contributed by atoms with van der Waals surface area (Å²) >= 11 is 0. The lowest BCUT2D eigenvalue weighted by atomic mass is 9.92. The molecule has 0 spiro atoms. The van der Waals surface area contributed by atoms with Crippen LogP contribution in [0.15, 0.2) is 23.1 Å². The predicted molar refractivity (Wildman–Crippen MR) is 69.7 cm³/mol. The summed E-state index contributed by atoms with van der Waals surface area (Å²) in [6.07, 6.45) is 1.25. The average molecular weight is 298 g/mol. The van der Waals surface area contributed by atoms with Crippen molar-refractivity contribution in [2.75, 3.05) is 13.1 Å². The van der Waals surface area contributed by atoms with Crippen molar-refractivity contribution in [1.29, 1.82) is 5.26 Å². The molecule has 1 fully saturated rings. The Hall–Kier alpha value is -1.49. The first-order chi connectivity index (χ1) is 9.34. The van der Waals surface area contributed by atoms with Gasteiger partial charge in [0.25, 0.3) is 0 Å². The molecule has 1 aliphatic rings. The Kier molecular flexibility index (Phi) is 3.82. The van der Waals surface area contributed by atoms with Gasteiger partial charge in [0, 0.05) is 13.1 Å². The predicted octanol–water partition coefficient (Wildman–Crippen LogP) is 1.23. The lowest BCUT2D eigenvalue weighted by Crippen LogP contribution is -2.63. The first-order valence-corrected chi connectivity index (χ1v) is 7.69. The fourth-order valence-electron chi connectivity index (χ4n) is 2.37. The van der Waals surface area contributed by atoms with E-state index in [-0.39, 0.29) is 18.0 Å². The number of hydrogen-bond acceptors (Lipinski definition) is 4. The van der Waals surface area contributed by atoms with E-state index in [9.17, 15) is 17.9 Å². The van der Waals surface area contributed by atoms with Crippen LogP contribution in [0.3, 0.4) is 0 Å². The van der Waals surface area contributed by atoms with E-state index >= 15 is 0 Å². The number of nitrogens with zero attached hydrogens (tertiary/aromatic N) is 2. The van der Waals surface area contributed by atoms with Crippen molar-refractivity contribution in [1.82, 2.24) is 4.31 Å². The van der Waals surface area contributed by atoms with Gasteiger partial charge in [-0.2, -0.15) is 9.57 Å². The van der Waals surface area contributed by atoms with Gasteiger partial charge in [0.15, 0.2) is 0 Å². The van der Waals surface area contributed by atoms with Crippen LogP contribution in [-0.4, -0.2) is 36.5 Å². The molecule has 1 N–H and O–H groups in total. The van der Waals surface area contributed by atoms with Crippen LogP contribution in [0, 0.1) is 17.1 Å². The summed E-state index contributed by atoms with van der Waals surface area (Å²) in [5, 5.41) is 18.9. The summed E-state index contributed by atoms with van der Waals surface area (Å²) in [4.78, 5) is -0.349. The zero-order valence-corrected chi connectivity index (χ0v) is 11.8. The van der Waals surface area contributed by atoms with E-state index in [1.165, 1.54) is 12.1 Å². The second kappa shape index (κ2) is 5.13. The first kappa shape index (κ1) is 14.9. The number of β-amino-alcohol motifs (C(OH)–C–C–N with tert-alkyl or cyclic N) is 1. The molecular weight excluding hydrogens is 283 g/mol. The second-order valence-electron chi connectivity index (χ2n) is 4.97. The first-order valence-electron chi connectivity index (χ1n) is 6.25. The molecule has 0 aromatic heterocycles. The van der Waals surface area contributed by atoms with Gasteiger partial charge in [0.1, 0.15) is 22.3 Å². The van der Waals surface area contributed by atoms with Gasteiger partial charge in [-0.1, -0.05) is 19.4 Å². The van der Waals surface area contributed by atoms with E-state index in [1.807, 2.05) is 6.92 Å². The third-order valence-corrected chi connectivity index (χ3v) is 5.20. The molecule has 2 rings (SSSR count). The maximum Gasteiger partial charge on any atom is 0.244 e. The third-order valence-electron chi connectivity index (χ3n) is 3.36. The summed E-state index contributed by atoms with van der Waals surface area (Å²) in [5.74, 6) is -0.863. The molecule has 0 bridgehead atoms. The molecule has 1 aliphatic heterocycles. The van der Waals surface area contributed by atoms with Gasteiger partial charge in [-0.3, -0.25) is 0 Å². The smallest absolute Gasteiger partial charge is 0.244 e. The number of benzene rings is 1. The van der Waals surface area contributed by atoms with Gasteiger partial charge in [-0.05, 0) is 18.6 Å².